The Labute approximate surface area is 172 Å². The molecule has 0 saturated carbocycles. The van der Waals surface area contributed by atoms with Gasteiger partial charge in [-0.3, -0.25) is 14.5 Å². The molecule has 4 aromatic heterocycles. The van der Waals surface area contributed by atoms with Gasteiger partial charge >= 0.3 is 6.18 Å². The highest BCUT2D eigenvalue weighted by atomic mass is 19.4. The highest BCUT2D eigenvalue weighted by Crippen LogP contribution is 2.36. The van der Waals surface area contributed by atoms with E-state index in [2.05, 4.69) is 20.2 Å². The third kappa shape index (κ3) is 3.07. The number of aromatic nitrogens is 6. The Balaban J connectivity index is 1.86. The van der Waals surface area contributed by atoms with Crippen LogP contribution < -0.4 is 5.56 Å². The number of hydrogen-bond donors (Lipinski definition) is 1. The normalized spacial score (nSPS) is 12.2. The van der Waals surface area contributed by atoms with E-state index in [-0.39, 0.29) is 16.6 Å². The lowest BCUT2D eigenvalue weighted by Gasteiger charge is -2.11. The zero-order valence-electron chi connectivity index (χ0n) is 16.4. The first-order valence-corrected chi connectivity index (χ1v) is 9.31. The molecule has 31 heavy (non-hydrogen) atoms. The smallest absolute Gasteiger partial charge is 0.358 e. The van der Waals surface area contributed by atoms with Crippen LogP contribution in [-0.4, -0.2) is 29.5 Å². The van der Waals surface area contributed by atoms with Crippen molar-refractivity contribution < 1.29 is 13.2 Å². The number of H-pyrrole nitrogens is 1. The molecule has 156 valence electrons. The lowest BCUT2D eigenvalue weighted by Crippen LogP contribution is -2.23. The number of benzene rings is 1. The summed E-state index contributed by atoms with van der Waals surface area (Å²) in [4.78, 5) is 20.2. The maximum absolute atomic E-state index is 13.6. The molecule has 0 spiro atoms. The fourth-order valence-corrected chi connectivity index (χ4v) is 3.61. The quantitative estimate of drug-likeness (QED) is 0.465. The van der Waals surface area contributed by atoms with Crippen molar-refractivity contribution in [2.24, 2.45) is 7.05 Å². The molecule has 0 fully saturated rings. The molecule has 0 radical (unpaired) electrons. The predicted molar refractivity (Wildman–Crippen MR) is 109 cm³/mol. The zero-order chi connectivity index (χ0) is 21.9. The molecule has 0 saturated heterocycles. The Kier molecular flexibility index (Phi) is 4.01. The van der Waals surface area contributed by atoms with Crippen molar-refractivity contribution in [2.75, 3.05) is 0 Å². The van der Waals surface area contributed by atoms with E-state index in [1.807, 2.05) is 0 Å². The van der Waals surface area contributed by atoms with Gasteiger partial charge in [-0.1, -0.05) is 6.07 Å². The SMILES string of the molecule is Cc1ccc(-c2c(=O)n(-c3ccc4nn(C)cc4c3)nc3c(C(F)(F)F)c[nH]c23)cn1. The predicted octanol–water partition coefficient (Wildman–Crippen LogP) is 3.99. The number of hydrogen-bond acceptors (Lipinski definition) is 4. The monoisotopic (exact) mass is 424 g/mol. The van der Waals surface area contributed by atoms with Crippen molar-refractivity contribution in [3.63, 3.8) is 0 Å². The van der Waals surface area contributed by atoms with E-state index >= 15 is 0 Å². The molecule has 0 aliphatic carbocycles. The summed E-state index contributed by atoms with van der Waals surface area (Å²) in [5.41, 5.74) is 0.393. The standard InChI is InChI=1S/C21H15F3N6O/c1-11-3-4-12(8-25-11)17-19-18(15(9-26-19)21(22,23)24)28-30(20(17)31)14-5-6-16-13(7-14)10-29(2)27-16/h3-10,26H,1-2H3. The van der Waals surface area contributed by atoms with Crippen LogP contribution in [-0.2, 0) is 13.2 Å². The number of pyridine rings is 1. The van der Waals surface area contributed by atoms with Crippen LogP contribution in [0.15, 0.2) is 53.7 Å². The van der Waals surface area contributed by atoms with Gasteiger partial charge in [-0.05, 0) is 31.2 Å². The zero-order valence-corrected chi connectivity index (χ0v) is 16.4. The first kappa shape index (κ1) is 19.0. The second-order valence-corrected chi connectivity index (χ2v) is 7.25. The van der Waals surface area contributed by atoms with Crippen molar-refractivity contribution in [3.8, 4) is 16.8 Å². The lowest BCUT2D eigenvalue weighted by atomic mass is 10.1. The summed E-state index contributed by atoms with van der Waals surface area (Å²) < 4.78 is 43.4. The molecule has 0 bridgehead atoms. The van der Waals surface area contributed by atoms with E-state index in [0.717, 1.165) is 22.0 Å². The molecular formula is C21H15F3N6O. The summed E-state index contributed by atoms with van der Waals surface area (Å²) in [6.07, 6.45) is -0.584. The molecule has 0 aliphatic rings. The molecule has 0 unspecified atom stereocenters. The summed E-state index contributed by atoms with van der Waals surface area (Å²) in [7, 11) is 1.76. The van der Waals surface area contributed by atoms with Gasteiger partial charge in [-0.15, -0.1) is 0 Å². The molecule has 5 rings (SSSR count). The van der Waals surface area contributed by atoms with Crippen LogP contribution in [0, 0.1) is 6.92 Å². The van der Waals surface area contributed by atoms with Crippen LogP contribution in [0.25, 0.3) is 38.8 Å². The van der Waals surface area contributed by atoms with Crippen LogP contribution in [0.3, 0.4) is 0 Å². The molecule has 10 heteroatoms. The van der Waals surface area contributed by atoms with Gasteiger partial charge in [0.15, 0.2) is 0 Å². The number of rotatable bonds is 2. The molecule has 0 atom stereocenters. The van der Waals surface area contributed by atoms with Gasteiger partial charge in [0.1, 0.15) is 11.1 Å². The second-order valence-electron chi connectivity index (χ2n) is 7.25. The Morgan fingerprint density at radius 1 is 1.10 bits per heavy atom. The second kappa shape index (κ2) is 6.53. The average Bonchev–Trinajstić information content (AvgIpc) is 3.30. The summed E-state index contributed by atoms with van der Waals surface area (Å²) in [6, 6.07) is 8.31. The summed E-state index contributed by atoms with van der Waals surface area (Å²) in [5.74, 6) is 0. The summed E-state index contributed by atoms with van der Waals surface area (Å²) >= 11 is 0. The Morgan fingerprint density at radius 2 is 1.90 bits per heavy atom. The Bertz CT molecular complexity index is 1510. The number of aryl methyl sites for hydroxylation is 2. The van der Waals surface area contributed by atoms with Gasteiger partial charge in [0.25, 0.3) is 5.56 Å². The van der Waals surface area contributed by atoms with Gasteiger partial charge in [0.05, 0.1) is 22.3 Å². The van der Waals surface area contributed by atoms with E-state index in [0.29, 0.717) is 16.8 Å². The van der Waals surface area contributed by atoms with E-state index in [1.165, 1.54) is 6.20 Å². The molecule has 1 aromatic carbocycles. The van der Waals surface area contributed by atoms with Crippen molar-refractivity contribution >= 4 is 21.9 Å². The third-order valence-electron chi connectivity index (χ3n) is 5.06. The van der Waals surface area contributed by atoms with Gasteiger partial charge in [0, 0.05) is 42.3 Å². The third-order valence-corrected chi connectivity index (χ3v) is 5.06. The molecule has 5 aromatic rings. The highest BCUT2D eigenvalue weighted by Gasteiger charge is 2.36. The molecule has 0 amide bonds. The van der Waals surface area contributed by atoms with Gasteiger partial charge in [-0.2, -0.15) is 28.1 Å². The minimum Gasteiger partial charge on any atom is -0.358 e. The average molecular weight is 424 g/mol. The lowest BCUT2D eigenvalue weighted by molar-refractivity contribution is -0.136. The van der Waals surface area contributed by atoms with Gasteiger partial charge in [0.2, 0.25) is 0 Å². The first-order valence-electron chi connectivity index (χ1n) is 9.31. The minimum absolute atomic E-state index is 0.0154. The van der Waals surface area contributed by atoms with Crippen molar-refractivity contribution in [2.45, 2.75) is 13.1 Å². The number of nitrogens with one attached hydrogen (secondary N) is 1. The molecule has 0 aliphatic heterocycles. The van der Waals surface area contributed by atoms with E-state index in [9.17, 15) is 18.0 Å². The highest BCUT2D eigenvalue weighted by molar-refractivity contribution is 5.93. The maximum atomic E-state index is 13.6. The topological polar surface area (TPSA) is 81.4 Å². The van der Waals surface area contributed by atoms with Crippen molar-refractivity contribution in [1.82, 2.24) is 29.5 Å². The van der Waals surface area contributed by atoms with Gasteiger partial charge < -0.3 is 4.98 Å². The molecule has 7 nitrogen and oxygen atoms in total. The van der Waals surface area contributed by atoms with E-state index in [1.54, 1.807) is 55.2 Å². The van der Waals surface area contributed by atoms with Gasteiger partial charge in [-0.25, -0.2) is 0 Å². The summed E-state index contributed by atoms with van der Waals surface area (Å²) in [5, 5.41) is 9.11. The number of fused-ring (bicyclic) bond motifs is 2. The first-order chi connectivity index (χ1) is 14.7. The maximum Gasteiger partial charge on any atom is 0.420 e. The summed E-state index contributed by atoms with van der Waals surface area (Å²) in [6.45, 7) is 1.78. The van der Waals surface area contributed by atoms with E-state index in [4.69, 9.17) is 0 Å². The van der Waals surface area contributed by atoms with E-state index < -0.39 is 17.3 Å². The Morgan fingerprint density at radius 3 is 2.61 bits per heavy atom. The molecule has 1 N–H and O–H groups in total. The Hall–Kier alpha value is -3.95. The van der Waals surface area contributed by atoms with Crippen LogP contribution in [0.2, 0.25) is 0 Å². The van der Waals surface area contributed by atoms with Crippen molar-refractivity contribution in [3.05, 3.63) is 70.5 Å². The minimum atomic E-state index is -4.64. The molecular weight excluding hydrogens is 409 g/mol. The number of alkyl halides is 3. The number of halogens is 3. The number of aromatic amines is 1. The molecule has 4 heterocycles. The largest absolute Gasteiger partial charge is 0.420 e. The van der Waals surface area contributed by atoms with Crippen molar-refractivity contribution in [1.29, 1.82) is 0 Å². The van der Waals surface area contributed by atoms with Crippen LogP contribution in [0.4, 0.5) is 13.2 Å². The fraction of sp³-hybridized carbons (Fsp3) is 0.143. The van der Waals surface area contributed by atoms with Crippen LogP contribution >= 0.6 is 0 Å². The fourth-order valence-electron chi connectivity index (χ4n) is 3.61. The van der Waals surface area contributed by atoms with Crippen LogP contribution in [0.5, 0.6) is 0 Å². The van der Waals surface area contributed by atoms with Crippen LogP contribution in [0.1, 0.15) is 11.3 Å². The number of nitrogens with zero attached hydrogens (tertiary/aromatic N) is 5.